The summed E-state index contributed by atoms with van der Waals surface area (Å²) in [5, 5.41) is 0. The molecule has 2 N–H and O–H groups in total. The van der Waals surface area contributed by atoms with Gasteiger partial charge in [0.1, 0.15) is 0 Å². The van der Waals surface area contributed by atoms with E-state index in [0.29, 0.717) is 0 Å². The number of nitrogen functional groups attached to an aromatic ring is 1. The van der Waals surface area contributed by atoms with Gasteiger partial charge in [-0.2, -0.15) is 0 Å². The smallest absolute Gasteiger partial charge is 0.0371 e. The first-order chi connectivity index (χ1) is 9.10. The summed E-state index contributed by atoms with van der Waals surface area (Å²) in [6.07, 6.45) is 6.80. The largest absolute Gasteiger partial charge is 0.398 e. The van der Waals surface area contributed by atoms with Crippen LogP contribution >= 0.6 is 15.9 Å². The van der Waals surface area contributed by atoms with Crippen molar-refractivity contribution in [3.63, 3.8) is 0 Å². The molecular weight excluding hydrogens is 300 g/mol. The van der Waals surface area contributed by atoms with Gasteiger partial charge in [-0.25, -0.2) is 0 Å². The van der Waals surface area contributed by atoms with Crippen LogP contribution in [0, 0.1) is 5.92 Å². The Hall–Kier alpha value is -0.540. The first-order valence-electron chi connectivity index (χ1n) is 7.34. The first-order valence-corrected chi connectivity index (χ1v) is 8.13. The Morgan fingerprint density at radius 3 is 2.53 bits per heavy atom. The molecular formula is C16H25BrN2. The van der Waals surface area contributed by atoms with Gasteiger partial charge in [-0.3, -0.25) is 4.90 Å². The molecule has 106 valence electrons. The van der Waals surface area contributed by atoms with Crippen LogP contribution in [0.5, 0.6) is 0 Å². The van der Waals surface area contributed by atoms with Crippen LogP contribution in [-0.2, 0) is 6.54 Å². The van der Waals surface area contributed by atoms with Crippen LogP contribution in [0.2, 0.25) is 0 Å². The molecule has 0 spiro atoms. The second kappa shape index (κ2) is 6.76. The average molecular weight is 325 g/mol. The Balaban J connectivity index is 1.92. The molecule has 1 saturated carbocycles. The molecule has 3 heteroatoms. The van der Waals surface area contributed by atoms with Crippen molar-refractivity contribution in [1.29, 1.82) is 0 Å². The molecule has 0 bridgehead atoms. The molecule has 1 aromatic carbocycles. The van der Waals surface area contributed by atoms with Crippen molar-refractivity contribution in [1.82, 2.24) is 4.90 Å². The molecule has 0 aromatic heterocycles. The number of hydrogen-bond acceptors (Lipinski definition) is 2. The van der Waals surface area contributed by atoms with E-state index >= 15 is 0 Å². The fourth-order valence-corrected chi connectivity index (χ4v) is 3.48. The number of anilines is 1. The van der Waals surface area contributed by atoms with E-state index in [-0.39, 0.29) is 0 Å². The highest BCUT2D eigenvalue weighted by atomic mass is 79.9. The molecule has 1 aliphatic rings. The minimum Gasteiger partial charge on any atom is -0.398 e. The summed E-state index contributed by atoms with van der Waals surface area (Å²) in [4.78, 5) is 2.48. The van der Waals surface area contributed by atoms with E-state index in [2.05, 4.69) is 46.9 Å². The topological polar surface area (TPSA) is 29.3 Å². The van der Waals surface area contributed by atoms with Crippen LogP contribution < -0.4 is 5.73 Å². The fourth-order valence-electron chi connectivity index (χ4n) is 3.10. The Labute approximate surface area is 125 Å². The third kappa shape index (κ3) is 3.96. The van der Waals surface area contributed by atoms with Gasteiger partial charge in [-0.05, 0) is 56.3 Å². The van der Waals surface area contributed by atoms with Gasteiger partial charge in [0.25, 0.3) is 0 Å². The molecule has 0 atom stereocenters. The van der Waals surface area contributed by atoms with Crippen molar-refractivity contribution in [3.05, 3.63) is 28.2 Å². The van der Waals surface area contributed by atoms with E-state index in [4.69, 9.17) is 5.73 Å². The number of halogens is 1. The highest BCUT2D eigenvalue weighted by Gasteiger charge is 2.23. The molecule has 0 heterocycles. The van der Waals surface area contributed by atoms with Crippen molar-refractivity contribution in [3.8, 4) is 0 Å². The van der Waals surface area contributed by atoms with Crippen molar-refractivity contribution in [2.45, 2.75) is 51.6 Å². The third-order valence-corrected chi connectivity index (χ3v) is 5.04. The maximum absolute atomic E-state index is 6.09. The second-order valence-electron chi connectivity index (χ2n) is 5.84. The fraction of sp³-hybridized carbons (Fsp3) is 0.625. The molecule has 1 aromatic rings. The Kier molecular flexibility index (Phi) is 5.28. The molecule has 2 nitrogen and oxygen atoms in total. The zero-order valence-corrected chi connectivity index (χ0v) is 13.6. The predicted octanol–water partition coefficient (Wildman–Crippen LogP) is 4.43. The van der Waals surface area contributed by atoms with Gasteiger partial charge in [-0.1, -0.05) is 35.3 Å². The zero-order chi connectivity index (χ0) is 13.8. The quantitative estimate of drug-likeness (QED) is 0.830. The first kappa shape index (κ1) is 14.9. The van der Waals surface area contributed by atoms with E-state index in [0.717, 1.165) is 28.7 Å². The monoisotopic (exact) mass is 324 g/mol. The summed E-state index contributed by atoms with van der Waals surface area (Å²) in [7, 11) is 2.23. The van der Waals surface area contributed by atoms with Crippen molar-refractivity contribution >= 4 is 21.6 Å². The summed E-state index contributed by atoms with van der Waals surface area (Å²) in [5.41, 5.74) is 8.22. The van der Waals surface area contributed by atoms with E-state index in [1.165, 1.54) is 37.7 Å². The van der Waals surface area contributed by atoms with E-state index in [1.54, 1.807) is 0 Å². The van der Waals surface area contributed by atoms with E-state index in [9.17, 15) is 0 Å². The lowest BCUT2D eigenvalue weighted by Crippen LogP contribution is -2.34. The summed E-state index contributed by atoms with van der Waals surface area (Å²) < 4.78 is 1.06. The summed E-state index contributed by atoms with van der Waals surface area (Å²) >= 11 is 3.46. The van der Waals surface area contributed by atoms with Gasteiger partial charge < -0.3 is 5.73 Å². The van der Waals surface area contributed by atoms with E-state index in [1.807, 2.05) is 6.07 Å². The van der Waals surface area contributed by atoms with Gasteiger partial charge >= 0.3 is 0 Å². The van der Waals surface area contributed by atoms with Crippen molar-refractivity contribution < 1.29 is 0 Å². The van der Waals surface area contributed by atoms with Gasteiger partial charge in [0.15, 0.2) is 0 Å². The molecule has 0 amide bonds. The van der Waals surface area contributed by atoms with Crippen LogP contribution in [-0.4, -0.2) is 18.0 Å². The maximum Gasteiger partial charge on any atom is 0.0371 e. The molecule has 0 radical (unpaired) electrons. The summed E-state index contributed by atoms with van der Waals surface area (Å²) in [6.45, 7) is 3.28. The van der Waals surface area contributed by atoms with Crippen LogP contribution in [0.25, 0.3) is 0 Å². The Bertz CT molecular complexity index is 411. The molecule has 2 rings (SSSR count). The molecule has 0 aliphatic heterocycles. The van der Waals surface area contributed by atoms with Crippen molar-refractivity contribution in [2.24, 2.45) is 5.92 Å². The molecule has 1 fully saturated rings. The van der Waals surface area contributed by atoms with Gasteiger partial charge in [0, 0.05) is 22.7 Å². The maximum atomic E-state index is 6.09. The summed E-state index contributed by atoms with van der Waals surface area (Å²) in [5.74, 6) is 0.961. The van der Waals surface area contributed by atoms with Crippen LogP contribution in [0.3, 0.4) is 0 Å². The molecule has 19 heavy (non-hydrogen) atoms. The highest BCUT2D eigenvalue weighted by Crippen LogP contribution is 2.30. The standard InChI is InChI=1S/C16H25BrN2/c1-3-12-4-8-15(9-5-12)19(2)11-13-6-7-14(17)10-16(13)18/h6-7,10,12,15H,3-5,8-9,11,18H2,1-2H3. The number of nitrogens with two attached hydrogens (primary N) is 1. The number of nitrogens with zero attached hydrogens (tertiary/aromatic N) is 1. The van der Waals surface area contributed by atoms with Gasteiger partial charge in [0.2, 0.25) is 0 Å². The number of benzene rings is 1. The van der Waals surface area contributed by atoms with Gasteiger partial charge in [0.05, 0.1) is 0 Å². The number of rotatable bonds is 4. The van der Waals surface area contributed by atoms with Crippen LogP contribution in [0.1, 0.15) is 44.6 Å². The third-order valence-electron chi connectivity index (χ3n) is 4.54. The predicted molar refractivity (Wildman–Crippen MR) is 86.1 cm³/mol. The van der Waals surface area contributed by atoms with Crippen molar-refractivity contribution in [2.75, 3.05) is 12.8 Å². The molecule has 1 aliphatic carbocycles. The average Bonchev–Trinajstić information content (AvgIpc) is 2.42. The lowest BCUT2D eigenvalue weighted by molar-refractivity contribution is 0.158. The summed E-state index contributed by atoms with van der Waals surface area (Å²) in [6, 6.07) is 6.93. The van der Waals surface area contributed by atoms with Crippen LogP contribution in [0.4, 0.5) is 5.69 Å². The molecule has 0 saturated heterocycles. The minimum atomic E-state index is 0.728. The second-order valence-corrected chi connectivity index (χ2v) is 6.76. The SMILES string of the molecule is CCC1CCC(N(C)Cc2ccc(Br)cc2N)CC1. The minimum absolute atomic E-state index is 0.728. The van der Waals surface area contributed by atoms with Crippen LogP contribution in [0.15, 0.2) is 22.7 Å². The lowest BCUT2D eigenvalue weighted by Gasteiger charge is -2.34. The zero-order valence-electron chi connectivity index (χ0n) is 12.0. The Morgan fingerprint density at radius 1 is 1.26 bits per heavy atom. The normalized spacial score (nSPS) is 23.8. The molecule has 0 unspecified atom stereocenters. The van der Waals surface area contributed by atoms with Gasteiger partial charge in [-0.15, -0.1) is 0 Å². The van der Waals surface area contributed by atoms with E-state index < -0.39 is 0 Å². The number of hydrogen-bond donors (Lipinski definition) is 1. The lowest BCUT2D eigenvalue weighted by atomic mass is 9.84. The Morgan fingerprint density at radius 2 is 1.95 bits per heavy atom. The highest BCUT2D eigenvalue weighted by molar-refractivity contribution is 9.10.